The highest BCUT2D eigenvalue weighted by Crippen LogP contribution is 2.36. The van der Waals surface area contributed by atoms with Gasteiger partial charge in [0.1, 0.15) is 35.5 Å². The molecule has 0 spiro atoms. The summed E-state index contributed by atoms with van der Waals surface area (Å²) in [7, 11) is 0. The summed E-state index contributed by atoms with van der Waals surface area (Å²) in [6.07, 6.45) is -6.07. The summed E-state index contributed by atoms with van der Waals surface area (Å²) in [5.41, 5.74) is 2.57. The smallest absolute Gasteiger partial charge is 0.417 e. The van der Waals surface area contributed by atoms with Crippen molar-refractivity contribution in [1.29, 1.82) is 0 Å². The lowest BCUT2D eigenvalue weighted by atomic mass is 9.84. The van der Waals surface area contributed by atoms with Gasteiger partial charge in [-0.25, -0.2) is 14.8 Å². The Labute approximate surface area is 410 Å². The van der Waals surface area contributed by atoms with Crippen LogP contribution in [0.15, 0.2) is 94.8 Å². The molecular formula is C48H46Cl2F6N8O7. The number of halogens is 8. The molecule has 376 valence electrons. The zero-order valence-corrected chi connectivity index (χ0v) is 39.9. The first kappa shape index (κ1) is 53.5. The topological polar surface area (TPSA) is 203 Å². The number of carboxylic acid groups (broad SMARTS) is 1. The van der Waals surface area contributed by atoms with Crippen LogP contribution in [0.25, 0.3) is 22.1 Å². The number of carbonyl (C=O) groups is 4. The molecule has 0 saturated carbocycles. The predicted molar refractivity (Wildman–Crippen MR) is 252 cm³/mol. The van der Waals surface area contributed by atoms with Gasteiger partial charge in [0, 0.05) is 62.4 Å². The lowest BCUT2D eigenvalue weighted by Gasteiger charge is -2.45. The zero-order valence-electron chi connectivity index (χ0n) is 38.4. The average molecular weight is 1030 g/mol. The minimum Gasteiger partial charge on any atom is -0.477 e. The summed E-state index contributed by atoms with van der Waals surface area (Å²) in [6, 6.07) is 16.2. The Kier molecular flexibility index (Phi) is 15.7. The molecular weight excluding hydrogens is 985 g/mol. The normalized spacial score (nSPS) is 14.8. The first-order valence-corrected chi connectivity index (χ1v) is 22.3. The molecule has 3 amide bonds. The third-order valence-electron chi connectivity index (χ3n) is 11.3. The van der Waals surface area contributed by atoms with Crippen molar-refractivity contribution in [2.45, 2.75) is 66.2 Å². The van der Waals surface area contributed by atoms with Crippen molar-refractivity contribution >= 4 is 69.0 Å². The van der Waals surface area contributed by atoms with Crippen LogP contribution in [0, 0.1) is 10.8 Å². The second-order valence-corrected chi connectivity index (χ2v) is 19.2. The first-order valence-electron chi connectivity index (χ1n) is 21.5. The van der Waals surface area contributed by atoms with E-state index in [-0.39, 0.29) is 76.2 Å². The number of likely N-dealkylation sites (tertiary alicyclic amines) is 2. The number of aromatic nitrogens is 4. The number of aromatic carboxylic acids is 1. The number of nitrogens with two attached hydrogens (primary N) is 1. The largest absolute Gasteiger partial charge is 0.477 e. The summed E-state index contributed by atoms with van der Waals surface area (Å²) in [5, 5.41) is 11.9. The quantitative estimate of drug-likeness (QED) is 0.121. The molecule has 0 atom stereocenters. The molecule has 0 radical (unpaired) electrons. The number of carbonyl (C=O) groups excluding carboxylic acids is 3. The lowest BCUT2D eigenvalue weighted by Crippen LogP contribution is -2.56. The molecule has 23 heteroatoms. The van der Waals surface area contributed by atoms with Gasteiger partial charge in [-0.3, -0.25) is 33.1 Å². The van der Waals surface area contributed by atoms with E-state index in [4.69, 9.17) is 28.9 Å². The highest BCUT2D eigenvalue weighted by Gasteiger charge is 2.39. The van der Waals surface area contributed by atoms with Crippen LogP contribution in [0.3, 0.4) is 0 Å². The van der Waals surface area contributed by atoms with E-state index in [1.807, 2.05) is 13.8 Å². The number of fused-ring (bicyclic) bond motifs is 2. The number of amides is 3. The van der Waals surface area contributed by atoms with Crippen molar-refractivity contribution < 1.29 is 50.6 Å². The fourth-order valence-corrected chi connectivity index (χ4v) is 8.36. The minimum atomic E-state index is -4.64. The van der Waals surface area contributed by atoms with Gasteiger partial charge in [0.15, 0.2) is 0 Å². The molecule has 4 aromatic heterocycles. The lowest BCUT2D eigenvalue weighted by molar-refractivity contribution is -0.142. The van der Waals surface area contributed by atoms with Gasteiger partial charge in [-0.2, -0.15) is 26.3 Å². The molecule has 8 rings (SSSR count). The number of hydrogen-bond donors (Lipinski definition) is 3. The summed E-state index contributed by atoms with van der Waals surface area (Å²) < 4.78 is 78.4. The van der Waals surface area contributed by atoms with Gasteiger partial charge < -0.3 is 26.0 Å². The Morgan fingerprint density at radius 2 is 1.07 bits per heavy atom. The zero-order chi connectivity index (χ0) is 52.4. The fourth-order valence-electron chi connectivity index (χ4n) is 7.91. The second-order valence-electron chi connectivity index (χ2n) is 18.4. The minimum absolute atomic E-state index is 0.0102. The van der Waals surface area contributed by atoms with Crippen molar-refractivity contribution in [2.24, 2.45) is 16.6 Å². The molecule has 2 saturated heterocycles. The molecule has 0 bridgehead atoms. The van der Waals surface area contributed by atoms with E-state index in [0.29, 0.717) is 48.2 Å². The highest BCUT2D eigenvalue weighted by atomic mass is 35.5. The van der Waals surface area contributed by atoms with Gasteiger partial charge in [0.25, 0.3) is 17.0 Å². The molecule has 0 aliphatic carbocycles. The molecule has 2 aliphatic heterocycles. The number of nitrogens with zero attached hydrogens (tertiary/aromatic N) is 6. The van der Waals surface area contributed by atoms with E-state index in [9.17, 15) is 60.2 Å². The number of hydrogen-bond acceptors (Lipinski definition) is 9. The molecule has 2 fully saturated rings. The summed E-state index contributed by atoms with van der Waals surface area (Å²) >= 11 is 11.0. The van der Waals surface area contributed by atoms with Crippen LogP contribution in [0.2, 0.25) is 10.0 Å². The predicted octanol–water partition coefficient (Wildman–Crippen LogP) is 7.65. The number of carboxylic acids is 1. The molecule has 71 heavy (non-hydrogen) atoms. The SMILES string of the molecule is CC1(C)CN(C(=O)Cn2c(=O)c(C(=O)NCc3ccc(Cl)c(C(F)(F)F)c3)cc3cccnc32)C1.CC1(C)CN(C(=O)Cn2c(=O)c(C(=O)O)cc3cccnc32)C1.NCc1ccc(Cl)c(C(F)(F)F)c1. The standard InChI is InChI=1S/C24H22ClF3N4O3.C16H17N3O4.C8H7ClF3N/c1-23(2)12-31(13-23)19(33)11-32-20-15(4-3-7-29-20)9-16(22(32)35)21(34)30-10-14-5-6-18(25)17(8-14)24(26,27)28;1-16(2)8-18(9-16)12(20)7-19-13-10(4-3-5-17-13)6-11(14(19)21)15(22)23;9-7-2-1-5(4-13)3-6(7)8(10,11)12/h3-9H,10-13H2,1-2H3,(H,30,34);3-6H,7-9H2,1-2H3,(H,22,23);1-3H,4,13H2. The average Bonchev–Trinajstić information content (AvgIpc) is 3.28. The van der Waals surface area contributed by atoms with Crippen molar-refractivity contribution in [2.75, 3.05) is 26.2 Å². The van der Waals surface area contributed by atoms with Crippen molar-refractivity contribution in [3.8, 4) is 0 Å². The second kappa shape index (κ2) is 20.9. The first-order chi connectivity index (χ1) is 33.1. The van der Waals surface area contributed by atoms with Gasteiger partial charge >= 0.3 is 18.3 Å². The van der Waals surface area contributed by atoms with Crippen molar-refractivity contribution in [3.05, 3.63) is 149 Å². The Balaban J connectivity index is 0.000000195. The van der Waals surface area contributed by atoms with E-state index < -0.39 is 51.5 Å². The number of pyridine rings is 4. The molecule has 4 N–H and O–H groups in total. The number of nitrogens with one attached hydrogen (secondary N) is 1. The Bertz CT molecular complexity index is 3160. The van der Waals surface area contributed by atoms with Gasteiger partial charge in [-0.1, -0.05) is 63.0 Å². The van der Waals surface area contributed by atoms with Crippen LogP contribution in [0.1, 0.15) is 70.7 Å². The molecule has 2 aromatic carbocycles. The summed E-state index contributed by atoms with van der Waals surface area (Å²) in [4.78, 5) is 86.4. The monoisotopic (exact) mass is 1030 g/mol. The van der Waals surface area contributed by atoms with Gasteiger partial charge in [0.05, 0.1) is 21.2 Å². The molecule has 15 nitrogen and oxygen atoms in total. The number of benzene rings is 2. The van der Waals surface area contributed by atoms with E-state index in [1.54, 1.807) is 34.1 Å². The summed E-state index contributed by atoms with van der Waals surface area (Å²) in [6.45, 7) is 9.89. The van der Waals surface area contributed by atoms with Crippen LogP contribution < -0.4 is 22.2 Å². The van der Waals surface area contributed by atoms with Gasteiger partial charge in [0.2, 0.25) is 11.8 Å². The van der Waals surface area contributed by atoms with Crippen LogP contribution in [-0.4, -0.2) is 83.9 Å². The van der Waals surface area contributed by atoms with Gasteiger partial charge in [-0.15, -0.1) is 0 Å². The molecule has 0 unspecified atom stereocenters. The Hall–Kier alpha value is -6.84. The van der Waals surface area contributed by atoms with E-state index in [2.05, 4.69) is 29.1 Å². The van der Waals surface area contributed by atoms with Crippen LogP contribution in [0.5, 0.6) is 0 Å². The van der Waals surface area contributed by atoms with Gasteiger partial charge in [-0.05, 0) is 82.6 Å². The third-order valence-corrected chi connectivity index (χ3v) is 12.0. The highest BCUT2D eigenvalue weighted by molar-refractivity contribution is 6.31. The van der Waals surface area contributed by atoms with Crippen LogP contribution in [-0.2, 0) is 48.1 Å². The Morgan fingerprint density at radius 1 is 0.662 bits per heavy atom. The number of rotatable bonds is 9. The van der Waals surface area contributed by atoms with E-state index >= 15 is 0 Å². The maximum atomic E-state index is 13.2. The maximum Gasteiger partial charge on any atom is 0.417 e. The van der Waals surface area contributed by atoms with Crippen LogP contribution in [0.4, 0.5) is 26.3 Å². The third kappa shape index (κ3) is 12.7. The molecule has 2 aliphatic rings. The Morgan fingerprint density at radius 3 is 1.48 bits per heavy atom. The number of alkyl halides is 6. The van der Waals surface area contributed by atoms with Crippen molar-refractivity contribution in [3.63, 3.8) is 0 Å². The molecule has 6 aromatic rings. The fraction of sp³-hybridized carbons (Fsp3) is 0.333. The maximum absolute atomic E-state index is 13.2. The van der Waals surface area contributed by atoms with Crippen molar-refractivity contribution in [1.82, 2.24) is 34.2 Å². The molecule has 6 heterocycles. The van der Waals surface area contributed by atoms with E-state index in [0.717, 1.165) is 27.3 Å². The summed E-state index contributed by atoms with van der Waals surface area (Å²) in [5.74, 6) is -2.57. The van der Waals surface area contributed by atoms with Crippen LogP contribution >= 0.6 is 23.2 Å². The van der Waals surface area contributed by atoms with E-state index in [1.165, 1.54) is 42.7 Å².